The lowest BCUT2D eigenvalue weighted by atomic mass is 9.95. The first-order valence-corrected chi connectivity index (χ1v) is 14.5. The summed E-state index contributed by atoms with van der Waals surface area (Å²) in [5, 5.41) is 24.1. The molecule has 47 heavy (non-hydrogen) atoms. The summed E-state index contributed by atoms with van der Waals surface area (Å²) in [5.74, 6) is -3.90. The van der Waals surface area contributed by atoms with Crippen LogP contribution in [0.1, 0.15) is 48.6 Å². The summed E-state index contributed by atoms with van der Waals surface area (Å²) in [6, 6.07) is 14.3. The van der Waals surface area contributed by atoms with E-state index in [9.17, 15) is 37.8 Å². The molecule has 3 aromatic heterocycles. The number of hydrogen-bond donors (Lipinski definition) is 5. The number of halogens is 4. The van der Waals surface area contributed by atoms with Crippen LogP contribution in [0.4, 0.5) is 24.5 Å². The Balaban J connectivity index is 1.22. The number of furan rings is 1. The summed E-state index contributed by atoms with van der Waals surface area (Å²) in [6.07, 6.45) is -5.06. The fourth-order valence-electron chi connectivity index (χ4n) is 6.15. The van der Waals surface area contributed by atoms with E-state index in [2.05, 4.69) is 10.3 Å². The van der Waals surface area contributed by atoms with Crippen molar-refractivity contribution in [1.82, 2.24) is 9.97 Å². The molecule has 1 aliphatic heterocycles. The molecule has 0 fully saturated rings. The topological polar surface area (TPSA) is 161 Å². The van der Waals surface area contributed by atoms with Gasteiger partial charge in [0.15, 0.2) is 5.76 Å². The summed E-state index contributed by atoms with van der Waals surface area (Å²) in [4.78, 5) is 45.1. The summed E-state index contributed by atoms with van der Waals surface area (Å²) < 4.78 is 52.4. The highest BCUT2D eigenvalue weighted by Crippen LogP contribution is 2.49. The van der Waals surface area contributed by atoms with E-state index in [-0.39, 0.29) is 40.5 Å². The summed E-state index contributed by atoms with van der Waals surface area (Å²) in [7, 11) is 1.51. The van der Waals surface area contributed by atoms with Crippen molar-refractivity contribution in [3.63, 3.8) is 0 Å². The lowest BCUT2D eigenvalue weighted by molar-refractivity contribution is -0.141. The normalized spacial score (nSPS) is 14.7. The number of H-pyrrole nitrogens is 2. The SMILES string of the molecule is COc1cccc2oc(C(=O)Nc3ccc4[nH]c(C(=O)N5C[C@@H](CCl)c6c5cc(O)c5[nH]c(C(F)(F)F)c(C(=O)O)c65)cc4c3)cc12. The maximum atomic E-state index is 13.8. The second-order valence-corrected chi connectivity index (χ2v) is 11.3. The van der Waals surface area contributed by atoms with Crippen molar-refractivity contribution < 1.29 is 46.9 Å². The van der Waals surface area contributed by atoms with Crippen LogP contribution in [0.5, 0.6) is 11.5 Å². The molecule has 0 saturated carbocycles. The number of hydrogen-bond acceptors (Lipinski definition) is 6. The van der Waals surface area contributed by atoms with Gasteiger partial charge in [-0.2, -0.15) is 13.2 Å². The molecule has 4 heterocycles. The lowest BCUT2D eigenvalue weighted by Gasteiger charge is -2.17. The Morgan fingerprint density at radius 3 is 2.62 bits per heavy atom. The number of aromatic hydroxyl groups is 1. The number of methoxy groups -OCH3 is 1. The fraction of sp³-hybridized carbons (Fsp3) is 0.156. The Morgan fingerprint density at radius 2 is 1.91 bits per heavy atom. The number of carboxylic acid groups (broad SMARTS) is 1. The number of phenolic OH excluding ortho intramolecular Hbond substituents is 1. The molecule has 6 aromatic rings. The number of phenols is 1. The minimum atomic E-state index is -5.06. The Hall–Kier alpha value is -5.63. The molecule has 1 atom stereocenters. The van der Waals surface area contributed by atoms with Gasteiger partial charge in [-0.05, 0) is 42.0 Å². The number of aromatic carboxylic acids is 1. The average Bonchev–Trinajstić information content (AvgIpc) is 3.81. The van der Waals surface area contributed by atoms with Crippen molar-refractivity contribution >= 4 is 73.5 Å². The van der Waals surface area contributed by atoms with Crippen LogP contribution in [-0.4, -0.2) is 57.5 Å². The smallest absolute Gasteiger partial charge is 0.432 e. The van der Waals surface area contributed by atoms with Gasteiger partial charge in [0, 0.05) is 52.5 Å². The third-order valence-electron chi connectivity index (χ3n) is 8.18. The monoisotopic (exact) mass is 666 g/mol. The van der Waals surface area contributed by atoms with Crippen molar-refractivity contribution in [2.75, 3.05) is 29.8 Å². The quantitative estimate of drug-likeness (QED) is 0.119. The summed E-state index contributed by atoms with van der Waals surface area (Å²) >= 11 is 6.19. The third-order valence-corrected chi connectivity index (χ3v) is 8.55. The van der Waals surface area contributed by atoms with Crippen LogP contribution in [0.25, 0.3) is 32.8 Å². The molecule has 0 saturated heterocycles. The van der Waals surface area contributed by atoms with Crippen LogP contribution in [0.15, 0.2) is 59.0 Å². The molecule has 0 radical (unpaired) electrons. The Bertz CT molecular complexity index is 2290. The Morgan fingerprint density at radius 1 is 1.13 bits per heavy atom. The second kappa shape index (κ2) is 10.7. The van der Waals surface area contributed by atoms with Crippen LogP contribution < -0.4 is 15.0 Å². The molecule has 5 N–H and O–H groups in total. The van der Waals surface area contributed by atoms with Gasteiger partial charge in [0.1, 0.15) is 28.5 Å². The molecule has 0 aliphatic carbocycles. The van der Waals surface area contributed by atoms with E-state index in [4.69, 9.17) is 20.8 Å². The maximum absolute atomic E-state index is 13.8. The van der Waals surface area contributed by atoms with Crippen molar-refractivity contribution in [3.8, 4) is 11.5 Å². The molecule has 0 unspecified atom stereocenters. The number of alkyl halides is 4. The lowest BCUT2D eigenvalue weighted by Crippen LogP contribution is -2.30. The molecule has 0 bridgehead atoms. The highest BCUT2D eigenvalue weighted by Gasteiger charge is 2.43. The number of carboxylic acids is 1. The van der Waals surface area contributed by atoms with E-state index in [1.165, 1.54) is 18.1 Å². The summed E-state index contributed by atoms with van der Waals surface area (Å²) in [6.45, 7) is -0.0826. The van der Waals surface area contributed by atoms with Gasteiger partial charge in [0.05, 0.1) is 29.3 Å². The highest BCUT2D eigenvalue weighted by atomic mass is 35.5. The minimum Gasteiger partial charge on any atom is -0.506 e. The molecular weight excluding hydrogens is 645 g/mol. The van der Waals surface area contributed by atoms with Gasteiger partial charge in [-0.25, -0.2) is 4.79 Å². The van der Waals surface area contributed by atoms with Crippen LogP contribution in [0.2, 0.25) is 0 Å². The third kappa shape index (κ3) is 4.79. The number of rotatable bonds is 6. The van der Waals surface area contributed by atoms with E-state index in [0.717, 1.165) is 6.07 Å². The maximum Gasteiger partial charge on any atom is 0.432 e. The fourth-order valence-corrected chi connectivity index (χ4v) is 6.40. The number of amides is 2. The van der Waals surface area contributed by atoms with Gasteiger partial charge < -0.3 is 39.6 Å². The highest BCUT2D eigenvalue weighted by molar-refractivity contribution is 6.20. The number of nitrogens with one attached hydrogen (secondary N) is 3. The zero-order valence-electron chi connectivity index (χ0n) is 24.1. The molecule has 11 nitrogen and oxygen atoms in total. The molecule has 0 spiro atoms. The van der Waals surface area contributed by atoms with Gasteiger partial charge >= 0.3 is 12.1 Å². The standard InChI is InChI=1S/C32H22ClF3N4O7/c1-46-21-3-2-4-22-16(21)9-23(47-22)29(42)37-15-5-6-17-13(7-15)8-18(38-17)30(43)40-12-14(11-33)24-19(40)10-20(41)27-25(24)26(31(44)45)28(39-27)32(34,35)36/h2-10,14,38-39,41H,11-12H2,1H3,(H,37,42)(H,44,45)/t14-/m1/s1. The predicted octanol–water partition coefficient (Wildman–Crippen LogP) is 7.06. The van der Waals surface area contributed by atoms with E-state index in [1.807, 2.05) is 4.98 Å². The number of benzene rings is 3. The molecule has 7 rings (SSSR count). The number of aromatic nitrogens is 2. The van der Waals surface area contributed by atoms with Gasteiger partial charge in [0.25, 0.3) is 11.8 Å². The Kier molecular flexibility index (Phi) is 6.86. The van der Waals surface area contributed by atoms with Gasteiger partial charge in [-0.1, -0.05) is 6.07 Å². The Labute approximate surface area is 266 Å². The van der Waals surface area contributed by atoms with Gasteiger partial charge in [-0.3, -0.25) is 9.59 Å². The van der Waals surface area contributed by atoms with E-state index in [0.29, 0.717) is 33.3 Å². The van der Waals surface area contributed by atoms with Crippen molar-refractivity contribution in [1.29, 1.82) is 0 Å². The molecule has 1 aliphatic rings. The average molecular weight is 667 g/mol. The number of carbonyl (C=O) groups is 3. The number of carbonyl (C=O) groups excluding carboxylic acids is 2. The first kappa shape index (κ1) is 30.0. The van der Waals surface area contributed by atoms with Crippen LogP contribution in [0.3, 0.4) is 0 Å². The van der Waals surface area contributed by atoms with Crippen molar-refractivity contribution in [2.45, 2.75) is 12.1 Å². The van der Waals surface area contributed by atoms with E-state index in [1.54, 1.807) is 42.5 Å². The minimum absolute atomic E-state index is 0.0370. The number of aromatic amines is 2. The number of fused-ring (bicyclic) bond motifs is 5. The molecule has 3 aromatic carbocycles. The van der Waals surface area contributed by atoms with Gasteiger partial charge in [-0.15, -0.1) is 11.6 Å². The zero-order valence-corrected chi connectivity index (χ0v) is 24.8. The zero-order chi connectivity index (χ0) is 33.4. The van der Waals surface area contributed by atoms with E-state index < -0.39 is 52.4 Å². The molecular formula is C32H22ClF3N4O7. The van der Waals surface area contributed by atoms with Crippen molar-refractivity contribution in [2.24, 2.45) is 0 Å². The van der Waals surface area contributed by atoms with Crippen LogP contribution in [-0.2, 0) is 6.18 Å². The number of nitrogens with zero attached hydrogens (tertiary/aromatic N) is 1. The van der Waals surface area contributed by atoms with Gasteiger partial charge in [0.2, 0.25) is 0 Å². The predicted molar refractivity (Wildman–Crippen MR) is 166 cm³/mol. The molecule has 15 heteroatoms. The second-order valence-electron chi connectivity index (χ2n) is 10.9. The van der Waals surface area contributed by atoms with Crippen LogP contribution in [0, 0.1) is 0 Å². The molecule has 240 valence electrons. The molecule has 2 amide bonds. The van der Waals surface area contributed by atoms with Crippen LogP contribution >= 0.6 is 11.6 Å². The van der Waals surface area contributed by atoms with Crippen molar-refractivity contribution in [3.05, 3.63) is 82.9 Å². The van der Waals surface area contributed by atoms with E-state index >= 15 is 0 Å². The largest absolute Gasteiger partial charge is 0.506 e. The first-order valence-electron chi connectivity index (χ1n) is 14.0. The number of anilines is 2. The first-order chi connectivity index (χ1) is 22.4. The number of ether oxygens (including phenoxy) is 1. The summed E-state index contributed by atoms with van der Waals surface area (Å²) in [5.41, 5.74) is -1.35.